The number of carbonyl (C=O) groups is 1. The lowest BCUT2D eigenvalue weighted by atomic mass is 10.1. The van der Waals surface area contributed by atoms with Gasteiger partial charge in [0, 0.05) is 19.3 Å². The molecule has 0 bridgehead atoms. The second-order valence-electron chi connectivity index (χ2n) is 4.72. The largest absolute Gasteiger partial charge is 0.493 e. The SMILES string of the molecule is CCN(Cc1ccc(OC)c(OC)c1)C(=O)c1ccccn1. The molecule has 116 valence electrons. The van der Waals surface area contributed by atoms with Gasteiger partial charge in [-0.25, -0.2) is 0 Å². The maximum absolute atomic E-state index is 12.5. The zero-order valence-corrected chi connectivity index (χ0v) is 13.1. The van der Waals surface area contributed by atoms with Gasteiger partial charge in [-0.3, -0.25) is 9.78 Å². The Bertz CT molecular complexity index is 629. The van der Waals surface area contributed by atoms with E-state index in [2.05, 4.69) is 4.98 Å². The number of aromatic nitrogens is 1. The Morgan fingerprint density at radius 3 is 2.50 bits per heavy atom. The van der Waals surface area contributed by atoms with Crippen molar-refractivity contribution in [2.45, 2.75) is 13.5 Å². The lowest BCUT2D eigenvalue weighted by Crippen LogP contribution is -2.30. The van der Waals surface area contributed by atoms with Gasteiger partial charge in [0.15, 0.2) is 11.5 Å². The lowest BCUT2D eigenvalue weighted by Gasteiger charge is -2.21. The first-order chi connectivity index (χ1) is 10.7. The van der Waals surface area contributed by atoms with Crippen molar-refractivity contribution in [1.29, 1.82) is 0 Å². The van der Waals surface area contributed by atoms with Crippen molar-refractivity contribution >= 4 is 5.91 Å². The molecule has 0 aliphatic heterocycles. The standard InChI is InChI=1S/C17H20N2O3/c1-4-19(17(20)14-7-5-6-10-18-14)12-13-8-9-15(21-2)16(11-13)22-3/h5-11H,4,12H2,1-3H3. The summed E-state index contributed by atoms with van der Waals surface area (Å²) in [7, 11) is 3.19. The highest BCUT2D eigenvalue weighted by Crippen LogP contribution is 2.28. The van der Waals surface area contributed by atoms with Crippen LogP contribution >= 0.6 is 0 Å². The first-order valence-corrected chi connectivity index (χ1v) is 7.10. The highest BCUT2D eigenvalue weighted by atomic mass is 16.5. The quantitative estimate of drug-likeness (QED) is 0.823. The van der Waals surface area contributed by atoms with Gasteiger partial charge in [0.05, 0.1) is 14.2 Å². The van der Waals surface area contributed by atoms with Crippen molar-refractivity contribution in [2.24, 2.45) is 0 Å². The van der Waals surface area contributed by atoms with Crippen LogP contribution < -0.4 is 9.47 Å². The number of carbonyl (C=O) groups excluding carboxylic acids is 1. The van der Waals surface area contributed by atoms with Crippen LogP contribution in [0.3, 0.4) is 0 Å². The van der Waals surface area contributed by atoms with E-state index in [9.17, 15) is 4.79 Å². The maximum Gasteiger partial charge on any atom is 0.272 e. The first-order valence-electron chi connectivity index (χ1n) is 7.10. The number of methoxy groups -OCH3 is 2. The number of hydrogen-bond donors (Lipinski definition) is 0. The van der Waals surface area contributed by atoms with E-state index in [1.165, 1.54) is 0 Å². The summed E-state index contributed by atoms with van der Waals surface area (Å²) in [5.41, 5.74) is 1.42. The van der Waals surface area contributed by atoms with Crippen molar-refractivity contribution in [1.82, 2.24) is 9.88 Å². The number of rotatable bonds is 6. The van der Waals surface area contributed by atoms with Gasteiger partial charge in [-0.15, -0.1) is 0 Å². The van der Waals surface area contributed by atoms with E-state index in [1.807, 2.05) is 31.2 Å². The Morgan fingerprint density at radius 1 is 1.14 bits per heavy atom. The van der Waals surface area contributed by atoms with Gasteiger partial charge in [0.2, 0.25) is 0 Å². The summed E-state index contributed by atoms with van der Waals surface area (Å²) in [6, 6.07) is 11.0. The number of nitrogens with zero attached hydrogens (tertiary/aromatic N) is 2. The van der Waals surface area contributed by atoms with Crippen LogP contribution in [-0.4, -0.2) is 36.6 Å². The molecule has 0 saturated carbocycles. The fraction of sp³-hybridized carbons (Fsp3) is 0.294. The minimum atomic E-state index is -0.0853. The summed E-state index contributed by atoms with van der Waals surface area (Å²) >= 11 is 0. The van der Waals surface area contributed by atoms with Crippen LogP contribution in [0.2, 0.25) is 0 Å². The van der Waals surface area contributed by atoms with E-state index in [0.29, 0.717) is 30.3 Å². The van der Waals surface area contributed by atoms with Crippen molar-refractivity contribution < 1.29 is 14.3 Å². The second kappa shape index (κ2) is 7.45. The minimum Gasteiger partial charge on any atom is -0.493 e. The molecule has 1 amide bonds. The van der Waals surface area contributed by atoms with Crippen molar-refractivity contribution in [3.8, 4) is 11.5 Å². The van der Waals surface area contributed by atoms with E-state index >= 15 is 0 Å². The summed E-state index contributed by atoms with van der Waals surface area (Å²) in [5.74, 6) is 1.24. The van der Waals surface area contributed by atoms with E-state index in [0.717, 1.165) is 5.56 Å². The predicted molar refractivity (Wildman–Crippen MR) is 84.2 cm³/mol. The third-order valence-corrected chi connectivity index (χ3v) is 3.37. The molecule has 0 fully saturated rings. The Kier molecular flexibility index (Phi) is 5.36. The molecular weight excluding hydrogens is 280 g/mol. The molecule has 5 nitrogen and oxygen atoms in total. The molecule has 1 aromatic heterocycles. The fourth-order valence-electron chi connectivity index (χ4n) is 2.18. The summed E-state index contributed by atoms with van der Waals surface area (Å²) in [6.45, 7) is 3.04. The van der Waals surface area contributed by atoms with E-state index in [1.54, 1.807) is 37.4 Å². The molecule has 22 heavy (non-hydrogen) atoms. The van der Waals surface area contributed by atoms with Gasteiger partial charge in [-0.1, -0.05) is 12.1 Å². The number of hydrogen-bond acceptors (Lipinski definition) is 4. The molecule has 0 N–H and O–H groups in total. The Labute approximate surface area is 130 Å². The van der Waals surface area contributed by atoms with Gasteiger partial charge < -0.3 is 14.4 Å². The van der Waals surface area contributed by atoms with Crippen LogP contribution in [0.25, 0.3) is 0 Å². The van der Waals surface area contributed by atoms with E-state index < -0.39 is 0 Å². The average Bonchev–Trinajstić information content (AvgIpc) is 2.59. The molecule has 0 aliphatic rings. The molecule has 2 rings (SSSR count). The first kappa shape index (κ1) is 15.8. The van der Waals surface area contributed by atoms with Gasteiger partial charge in [-0.2, -0.15) is 0 Å². The van der Waals surface area contributed by atoms with Crippen LogP contribution in [0.5, 0.6) is 11.5 Å². The topological polar surface area (TPSA) is 51.7 Å². The number of ether oxygens (including phenoxy) is 2. The number of benzene rings is 1. The van der Waals surface area contributed by atoms with Crippen LogP contribution in [0.4, 0.5) is 0 Å². The van der Waals surface area contributed by atoms with Crippen LogP contribution in [-0.2, 0) is 6.54 Å². The van der Waals surface area contributed by atoms with Gasteiger partial charge >= 0.3 is 0 Å². The molecule has 1 aromatic carbocycles. The molecule has 0 spiro atoms. The Balaban J connectivity index is 2.18. The van der Waals surface area contributed by atoms with Crippen LogP contribution in [0.15, 0.2) is 42.6 Å². The second-order valence-corrected chi connectivity index (χ2v) is 4.72. The summed E-state index contributed by atoms with van der Waals surface area (Å²) < 4.78 is 10.5. The smallest absolute Gasteiger partial charge is 0.272 e. The highest BCUT2D eigenvalue weighted by molar-refractivity contribution is 5.92. The zero-order valence-electron chi connectivity index (χ0n) is 13.1. The Morgan fingerprint density at radius 2 is 1.91 bits per heavy atom. The molecular formula is C17H20N2O3. The summed E-state index contributed by atoms with van der Waals surface area (Å²) in [5, 5.41) is 0. The highest BCUT2D eigenvalue weighted by Gasteiger charge is 2.16. The molecule has 0 saturated heterocycles. The van der Waals surface area contributed by atoms with Crippen LogP contribution in [0.1, 0.15) is 23.0 Å². The number of amides is 1. The van der Waals surface area contributed by atoms with Gasteiger partial charge in [0.1, 0.15) is 5.69 Å². The van der Waals surface area contributed by atoms with Crippen molar-refractivity contribution in [3.05, 3.63) is 53.9 Å². The maximum atomic E-state index is 12.5. The summed E-state index contributed by atoms with van der Waals surface area (Å²) in [4.78, 5) is 18.3. The number of pyridine rings is 1. The normalized spacial score (nSPS) is 10.1. The fourth-order valence-corrected chi connectivity index (χ4v) is 2.18. The third-order valence-electron chi connectivity index (χ3n) is 3.37. The molecule has 0 radical (unpaired) electrons. The van der Waals surface area contributed by atoms with Crippen molar-refractivity contribution in [3.63, 3.8) is 0 Å². The van der Waals surface area contributed by atoms with E-state index in [-0.39, 0.29) is 5.91 Å². The van der Waals surface area contributed by atoms with Crippen LogP contribution in [0, 0.1) is 0 Å². The minimum absolute atomic E-state index is 0.0853. The van der Waals surface area contributed by atoms with Crippen molar-refractivity contribution in [2.75, 3.05) is 20.8 Å². The third kappa shape index (κ3) is 3.55. The monoisotopic (exact) mass is 300 g/mol. The molecule has 2 aromatic rings. The van der Waals surface area contributed by atoms with Gasteiger partial charge in [0.25, 0.3) is 5.91 Å². The molecule has 0 aliphatic carbocycles. The molecule has 5 heteroatoms. The molecule has 0 atom stereocenters. The lowest BCUT2D eigenvalue weighted by molar-refractivity contribution is 0.0746. The zero-order chi connectivity index (χ0) is 15.9. The average molecular weight is 300 g/mol. The van der Waals surface area contributed by atoms with E-state index in [4.69, 9.17) is 9.47 Å². The predicted octanol–water partition coefficient (Wildman–Crippen LogP) is 2.76. The molecule has 1 heterocycles. The van der Waals surface area contributed by atoms with Gasteiger partial charge in [-0.05, 0) is 36.8 Å². The Hall–Kier alpha value is -2.56. The molecule has 0 unspecified atom stereocenters. The summed E-state index contributed by atoms with van der Waals surface area (Å²) in [6.07, 6.45) is 1.62.